The minimum absolute atomic E-state index is 0.0656. The minimum Gasteiger partial charge on any atom is -0.489 e. The Morgan fingerprint density at radius 2 is 2.07 bits per heavy atom. The number of benzene rings is 1. The van der Waals surface area contributed by atoms with Crippen molar-refractivity contribution in [3.8, 4) is 5.75 Å². The monoisotopic (exact) mass is 192 g/mol. The van der Waals surface area contributed by atoms with Gasteiger partial charge in [0.05, 0.1) is 6.61 Å². The van der Waals surface area contributed by atoms with Crippen LogP contribution < -0.4 is 4.74 Å². The van der Waals surface area contributed by atoms with Crippen molar-refractivity contribution < 1.29 is 9.84 Å². The molecule has 0 saturated heterocycles. The third-order valence-corrected chi connectivity index (χ3v) is 1.95. The van der Waals surface area contributed by atoms with Gasteiger partial charge < -0.3 is 9.84 Å². The maximum atomic E-state index is 8.52. The summed E-state index contributed by atoms with van der Waals surface area (Å²) in [6.45, 7) is 4.63. The number of ether oxygens (including phenoxy) is 1. The first kappa shape index (κ1) is 10.8. The zero-order chi connectivity index (χ0) is 10.4. The number of rotatable bonds is 4. The third-order valence-electron chi connectivity index (χ3n) is 1.95. The molecule has 0 heterocycles. The molecule has 0 bridgehead atoms. The first-order valence-corrected chi connectivity index (χ1v) is 4.70. The van der Waals surface area contributed by atoms with E-state index in [-0.39, 0.29) is 6.61 Å². The van der Waals surface area contributed by atoms with Crippen LogP contribution in [0.2, 0.25) is 0 Å². The lowest BCUT2D eigenvalue weighted by Crippen LogP contribution is -1.96. The van der Waals surface area contributed by atoms with E-state index in [1.807, 2.05) is 32.1 Å². The van der Waals surface area contributed by atoms with Crippen LogP contribution in [-0.4, -0.2) is 18.3 Å². The number of hydrogen-bond acceptors (Lipinski definition) is 2. The molecule has 0 radical (unpaired) electrons. The zero-order valence-electron chi connectivity index (χ0n) is 8.66. The molecule has 0 unspecified atom stereocenters. The van der Waals surface area contributed by atoms with Crippen molar-refractivity contribution in [2.45, 2.75) is 13.8 Å². The van der Waals surface area contributed by atoms with Crippen molar-refractivity contribution in [1.82, 2.24) is 0 Å². The lowest BCUT2D eigenvalue weighted by Gasteiger charge is -2.07. The third kappa shape index (κ3) is 3.23. The molecule has 2 nitrogen and oxygen atoms in total. The maximum absolute atomic E-state index is 8.52. The van der Waals surface area contributed by atoms with Gasteiger partial charge in [-0.1, -0.05) is 18.2 Å². The Labute approximate surface area is 84.8 Å². The topological polar surface area (TPSA) is 29.5 Å². The molecule has 0 saturated carbocycles. The summed E-state index contributed by atoms with van der Waals surface area (Å²) in [5.41, 5.74) is 2.32. The van der Waals surface area contributed by atoms with Gasteiger partial charge in [-0.2, -0.15) is 0 Å². The fourth-order valence-electron chi connectivity index (χ4n) is 1.14. The van der Waals surface area contributed by atoms with Gasteiger partial charge >= 0.3 is 0 Å². The molecule has 0 amide bonds. The highest BCUT2D eigenvalue weighted by Gasteiger charge is 1.97. The highest BCUT2D eigenvalue weighted by Crippen LogP contribution is 2.18. The maximum Gasteiger partial charge on any atom is 0.122 e. The van der Waals surface area contributed by atoms with E-state index in [1.54, 1.807) is 6.08 Å². The van der Waals surface area contributed by atoms with E-state index in [1.165, 1.54) is 5.56 Å². The van der Waals surface area contributed by atoms with Crippen LogP contribution in [-0.2, 0) is 0 Å². The lowest BCUT2D eigenvalue weighted by atomic mass is 10.1. The summed E-state index contributed by atoms with van der Waals surface area (Å²) < 4.78 is 5.52. The van der Waals surface area contributed by atoms with Crippen LogP contribution >= 0.6 is 0 Å². The second-order valence-electron chi connectivity index (χ2n) is 3.23. The molecule has 1 aromatic carbocycles. The van der Waals surface area contributed by atoms with Crippen LogP contribution in [0.1, 0.15) is 11.1 Å². The minimum atomic E-state index is 0.0656. The average Bonchev–Trinajstić information content (AvgIpc) is 2.18. The van der Waals surface area contributed by atoms with E-state index in [0.29, 0.717) is 6.61 Å². The molecule has 76 valence electrons. The van der Waals surface area contributed by atoms with Crippen molar-refractivity contribution in [2.24, 2.45) is 0 Å². The number of aryl methyl sites for hydroxylation is 2. The Hall–Kier alpha value is -1.28. The molecule has 0 aliphatic carbocycles. The van der Waals surface area contributed by atoms with Gasteiger partial charge in [-0.3, -0.25) is 0 Å². The molecule has 0 fully saturated rings. The van der Waals surface area contributed by atoms with Crippen LogP contribution in [0, 0.1) is 13.8 Å². The molecule has 1 rings (SSSR count). The van der Waals surface area contributed by atoms with Gasteiger partial charge in [0.25, 0.3) is 0 Å². The van der Waals surface area contributed by atoms with Gasteiger partial charge in [0.2, 0.25) is 0 Å². The fraction of sp³-hybridized carbons (Fsp3) is 0.333. The second kappa shape index (κ2) is 5.45. The Balaban J connectivity index is 2.57. The first-order chi connectivity index (χ1) is 6.74. The van der Waals surface area contributed by atoms with Gasteiger partial charge in [-0.15, -0.1) is 0 Å². The predicted octanol–water partition coefficient (Wildman–Crippen LogP) is 2.23. The van der Waals surface area contributed by atoms with Gasteiger partial charge in [0.1, 0.15) is 12.4 Å². The number of aliphatic hydroxyl groups excluding tert-OH is 1. The lowest BCUT2D eigenvalue weighted by molar-refractivity contribution is 0.336. The highest BCUT2D eigenvalue weighted by molar-refractivity contribution is 5.36. The molecule has 1 aromatic rings. The van der Waals surface area contributed by atoms with Crippen LogP contribution in [0.25, 0.3) is 0 Å². The molecule has 0 spiro atoms. The van der Waals surface area contributed by atoms with Crippen molar-refractivity contribution in [3.05, 3.63) is 41.5 Å². The summed E-state index contributed by atoms with van der Waals surface area (Å²) >= 11 is 0. The number of hydrogen-bond donors (Lipinski definition) is 1. The van der Waals surface area contributed by atoms with E-state index in [2.05, 4.69) is 6.07 Å². The van der Waals surface area contributed by atoms with Crippen molar-refractivity contribution in [2.75, 3.05) is 13.2 Å². The summed E-state index contributed by atoms with van der Waals surface area (Å²) in [4.78, 5) is 0. The summed E-state index contributed by atoms with van der Waals surface area (Å²) in [6.07, 6.45) is 3.48. The molecular weight excluding hydrogens is 176 g/mol. The molecule has 0 aromatic heterocycles. The van der Waals surface area contributed by atoms with Crippen molar-refractivity contribution in [3.63, 3.8) is 0 Å². The van der Waals surface area contributed by atoms with Gasteiger partial charge in [-0.05, 0) is 37.1 Å². The van der Waals surface area contributed by atoms with Crippen molar-refractivity contribution in [1.29, 1.82) is 0 Å². The largest absolute Gasteiger partial charge is 0.489 e. The molecule has 2 heteroatoms. The molecular formula is C12H16O2. The average molecular weight is 192 g/mol. The molecule has 0 aliphatic rings. The Bertz CT molecular complexity index is 316. The Morgan fingerprint density at radius 3 is 2.79 bits per heavy atom. The van der Waals surface area contributed by atoms with Crippen LogP contribution in [0.15, 0.2) is 30.4 Å². The molecule has 0 atom stereocenters. The molecule has 1 N–H and O–H groups in total. The first-order valence-electron chi connectivity index (χ1n) is 4.70. The quantitative estimate of drug-likeness (QED) is 0.741. The second-order valence-corrected chi connectivity index (χ2v) is 3.23. The van der Waals surface area contributed by atoms with E-state index >= 15 is 0 Å². The summed E-state index contributed by atoms with van der Waals surface area (Å²) in [7, 11) is 0. The van der Waals surface area contributed by atoms with E-state index < -0.39 is 0 Å². The molecule has 0 aliphatic heterocycles. The Kier molecular flexibility index (Phi) is 4.20. The summed E-state index contributed by atoms with van der Waals surface area (Å²) in [5.74, 6) is 0.910. The van der Waals surface area contributed by atoms with E-state index in [4.69, 9.17) is 9.84 Å². The fourth-order valence-corrected chi connectivity index (χ4v) is 1.14. The SMILES string of the molecule is Cc1ccc(C)c(OC/C=C/CO)c1. The van der Waals surface area contributed by atoms with Crippen molar-refractivity contribution >= 4 is 0 Å². The van der Waals surface area contributed by atoms with Gasteiger partial charge in [0, 0.05) is 0 Å². The van der Waals surface area contributed by atoms with Crippen LogP contribution in [0.5, 0.6) is 5.75 Å². The van der Waals surface area contributed by atoms with E-state index in [0.717, 1.165) is 11.3 Å². The Morgan fingerprint density at radius 1 is 1.29 bits per heavy atom. The summed E-state index contributed by atoms with van der Waals surface area (Å²) in [6, 6.07) is 6.12. The standard InChI is InChI=1S/C12H16O2/c1-10-5-6-11(2)12(9-10)14-8-4-3-7-13/h3-6,9,13H,7-8H2,1-2H3/b4-3+. The smallest absolute Gasteiger partial charge is 0.122 e. The highest BCUT2D eigenvalue weighted by atomic mass is 16.5. The summed E-state index contributed by atoms with van der Waals surface area (Å²) in [5, 5.41) is 8.52. The normalized spacial score (nSPS) is 10.8. The van der Waals surface area contributed by atoms with Gasteiger partial charge in [0.15, 0.2) is 0 Å². The van der Waals surface area contributed by atoms with Crippen LogP contribution in [0.3, 0.4) is 0 Å². The number of aliphatic hydroxyl groups is 1. The zero-order valence-corrected chi connectivity index (χ0v) is 8.66. The van der Waals surface area contributed by atoms with Crippen LogP contribution in [0.4, 0.5) is 0 Å². The predicted molar refractivity (Wildman–Crippen MR) is 57.6 cm³/mol. The van der Waals surface area contributed by atoms with E-state index in [9.17, 15) is 0 Å². The van der Waals surface area contributed by atoms with Gasteiger partial charge in [-0.25, -0.2) is 0 Å². The molecule has 14 heavy (non-hydrogen) atoms.